The van der Waals surface area contributed by atoms with Gasteiger partial charge in [0.15, 0.2) is 5.82 Å². The van der Waals surface area contributed by atoms with Gasteiger partial charge in [0.2, 0.25) is 5.95 Å². The highest BCUT2D eigenvalue weighted by Crippen LogP contribution is 2.26. The molecule has 152 valence electrons. The molecule has 7 heteroatoms. The minimum atomic E-state index is 0.531. The number of hydrogen-bond donors (Lipinski definition) is 1. The van der Waals surface area contributed by atoms with Gasteiger partial charge in [-0.15, -0.1) is 0 Å². The molecule has 1 aromatic carbocycles. The molecule has 0 aliphatic carbocycles. The molecule has 3 heterocycles. The Kier molecular flexibility index (Phi) is 5.76. The third-order valence-corrected chi connectivity index (χ3v) is 4.89. The van der Waals surface area contributed by atoms with E-state index in [2.05, 4.69) is 65.2 Å². The number of morpholine rings is 1. The van der Waals surface area contributed by atoms with Crippen LogP contribution in [0, 0.1) is 12.8 Å². The molecule has 1 N–H and O–H groups in total. The van der Waals surface area contributed by atoms with E-state index in [0.717, 1.165) is 48.0 Å². The fraction of sp³-hybridized carbons (Fsp3) is 0.409. The molecule has 4 rings (SSSR count). The Labute approximate surface area is 171 Å². The molecule has 0 spiro atoms. The lowest BCUT2D eigenvalue weighted by atomic mass is 10.2. The standard InChI is InChI=1S/C22H28N6O/c1-16(2)15-28-8-7-19-20(26-23-14-18-6-4-5-17(3)13-18)24-22(25-21(19)28)27-9-11-29-12-10-27/h4-8,13-14,16H,9-12,15H2,1-3H3,(H,24,25,26)/b23-14+. The van der Waals surface area contributed by atoms with Gasteiger partial charge in [0.1, 0.15) is 5.65 Å². The van der Waals surface area contributed by atoms with Crippen LogP contribution >= 0.6 is 0 Å². The molecule has 0 saturated carbocycles. The quantitative estimate of drug-likeness (QED) is 0.512. The zero-order chi connectivity index (χ0) is 20.2. The van der Waals surface area contributed by atoms with Gasteiger partial charge in [-0.25, -0.2) is 0 Å². The van der Waals surface area contributed by atoms with Crippen LogP contribution in [0.2, 0.25) is 0 Å². The van der Waals surface area contributed by atoms with Crippen LogP contribution in [0.4, 0.5) is 11.8 Å². The van der Waals surface area contributed by atoms with Crippen molar-refractivity contribution in [2.24, 2.45) is 11.0 Å². The molecule has 1 fully saturated rings. The maximum absolute atomic E-state index is 5.48. The number of fused-ring (bicyclic) bond motifs is 1. The summed E-state index contributed by atoms with van der Waals surface area (Å²) >= 11 is 0. The molecular weight excluding hydrogens is 364 g/mol. The van der Waals surface area contributed by atoms with E-state index in [1.165, 1.54) is 5.56 Å². The first-order valence-corrected chi connectivity index (χ1v) is 10.2. The van der Waals surface area contributed by atoms with E-state index in [9.17, 15) is 0 Å². The highest BCUT2D eigenvalue weighted by atomic mass is 16.5. The van der Waals surface area contributed by atoms with Gasteiger partial charge < -0.3 is 14.2 Å². The Balaban J connectivity index is 1.67. The number of aromatic nitrogens is 3. The van der Waals surface area contributed by atoms with E-state index in [4.69, 9.17) is 14.7 Å². The summed E-state index contributed by atoms with van der Waals surface area (Å²) in [4.78, 5) is 11.8. The lowest BCUT2D eigenvalue weighted by Crippen LogP contribution is -2.37. The van der Waals surface area contributed by atoms with Crippen molar-refractivity contribution in [3.8, 4) is 0 Å². The minimum absolute atomic E-state index is 0.531. The van der Waals surface area contributed by atoms with Crippen molar-refractivity contribution in [2.45, 2.75) is 27.3 Å². The van der Waals surface area contributed by atoms with Crippen molar-refractivity contribution in [3.05, 3.63) is 47.7 Å². The summed E-state index contributed by atoms with van der Waals surface area (Å²) in [5.74, 6) is 1.98. The zero-order valence-electron chi connectivity index (χ0n) is 17.3. The number of anilines is 2. The van der Waals surface area contributed by atoms with Crippen LogP contribution in [0.1, 0.15) is 25.0 Å². The maximum Gasteiger partial charge on any atom is 0.229 e. The van der Waals surface area contributed by atoms with Crippen LogP contribution in [-0.2, 0) is 11.3 Å². The maximum atomic E-state index is 5.48. The van der Waals surface area contributed by atoms with Gasteiger partial charge in [0.25, 0.3) is 0 Å². The average molecular weight is 393 g/mol. The number of nitrogens with one attached hydrogen (secondary N) is 1. The summed E-state index contributed by atoms with van der Waals surface area (Å²) in [5, 5.41) is 5.42. The Morgan fingerprint density at radius 1 is 1.21 bits per heavy atom. The van der Waals surface area contributed by atoms with E-state index in [1.54, 1.807) is 0 Å². The largest absolute Gasteiger partial charge is 0.378 e. The molecule has 7 nitrogen and oxygen atoms in total. The highest BCUT2D eigenvalue weighted by molar-refractivity contribution is 5.89. The van der Waals surface area contributed by atoms with E-state index >= 15 is 0 Å². The minimum Gasteiger partial charge on any atom is -0.378 e. The summed E-state index contributed by atoms with van der Waals surface area (Å²) in [6, 6.07) is 10.3. The predicted molar refractivity (Wildman–Crippen MR) is 118 cm³/mol. The van der Waals surface area contributed by atoms with Crippen LogP contribution in [0.15, 0.2) is 41.6 Å². The molecule has 1 aliphatic heterocycles. The fourth-order valence-electron chi connectivity index (χ4n) is 3.50. The van der Waals surface area contributed by atoms with Crippen molar-refractivity contribution in [2.75, 3.05) is 36.6 Å². The fourth-order valence-corrected chi connectivity index (χ4v) is 3.50. The number of aryl methyl sites for hydroxylation is 1. The molecule has 0 bridgehead atoms. The Morgan fingerprint density at radius 3 is 2.79 bits per heavy atom. The van der Waals surface area contributed by atoms with Crippen molar-refractivity contribution in [3.63, 3.8) is 0 Å². The first-order chi connectivity index (χ1) is 14.1. The molecule has 29 heavy (non-hydrogen) atoms. The number of ether oxygens (including phenoxy) is 1. The number of benzene rings is 1. The second kappa shape index (κ2) is 8.61. The van der Waals surface area contributed by atoms with Gasteiger partial charge in [0, 0.05) is 25.8 Å². The Hall–Kier alpha value is -2.93. The molecule has 0 amide bonds. The highest BCUT2D eigenvalue weighted by Gasteiger charge is 2.18. The summed E-state index contributed by atoms with van der Waals surface area (Å²) < 4.78 is 7.68. The van der Waals surface area contributed by atoms with Crippen LogP contribution < -0.4 is 10.3 Å². The summed E-state index contributed by atoms with van der Waals surface area (Å²) in [6.07, 6.45) is 3.90. The molecule has 0 unspecified atom stereocenters. The molecule has 3 aromatic rings. The van der Waals surface area contributed by atoms with Gasteiger partial charge in [-0.1, -0.05) is 43.7 Å². The first-order valence-electron chi connectivity index (χ1n) is 10.2. The smallest absolute Gasteiger partial charge is 0.229 e. The molecule has 0 radical (unpaired) electrons. The normalized spacial score (nSPS) is 15.0. The summed E-state index contributed by atoms with van der Waals surface area (Å²) in [6.45, 7) is 10.4. The van der Waals surface area contributed by atoms with E-state index in [0.29, 0.717) is 19.1 Å². The average Bonchev–Trinajstić information content (AvgIpc) is 3.11. The van der Waals surface area contributed by atoms with Gasteiger partial charge in [0.05, 0.1) is 24.8 Å². The molecule has 2 aromatic heterocycles. The number of rotatable bonds is 6. The second-order valence-electron chi connectivity index (χ2n) is 7.86. The number of hydrogen-bond acceptors (Lipinski definition) is 6. The van der Waals surface area contributed by atoms with Crippen LogP contribution in [0.3, 0.4) is 0 Å². The number of nitrogens with zero attached hydrogens (tertiary/aromatic N) is 5. The van der Waals surface area contributed by atoms with Crippen LogP contribution in [-0.4, -0.2) is 47.1 Å². The summed E-state index contributed by atoms with van der Waals surface area (Å²) in [7, 11) is 0. The Morgan fingerprint density at radius 2 is 2.03 bits per heavy atom. The van der Waals surface area contributed by atoms with Crippen molar-refractivity contribution >= 4 is 29.0 Å². The predicted octanol–water partition coefficient (Wildman–Crippen LogP) is 3.68. The monoisotopic (exact) mass is 392 g/mol. The van der Waals surface area contributed by atoms with Gasteiger partial charge in [-0.2, -0.15) is 15.1 Å². The summed E-state index contributed by atoms with van der Waals surface area (Å²) in [5.41, 5.74) is 6.34. The van der Waals surface area contributed by atoms with Crippen LogP contribution in [0.25, 0.3) is 11.0 Å². The molecule has 0 atom stereocenters. The Bertz CT molecular complexity index is 1000. The zero-order valence-corrected chi connectivity index (χ0v) is 17.3. The van der Waals surface area contributed by atoms with E-state index in [-0.39, 0.29) is 0 Å². The van der Waals surface area contributed by atoms with Gasteiger partial charge in [-0.05, 0) is 24.5 Å². The first kappa shape index (κ1) is 19.4. The molecular formula is C22H28N6O. The molecule has 1 saturated heterocycles. The lowest BCUT2D eigenvalue weighted by Gasteiger charge is -2.27. The number of hydrazone groups is 1. The SMILES string of the molecule is Cc1cccc(/C=N/Nc2nc(N3CCOCC3)nc3c2ccn3CC(C)C)c1. The van der Waals surface area contributed by atoms with Crippen molar-refractivity contribution in [1.82, 2.24) is 14.5 Å². The second-order valence-corrected chi connectivity index (χ2v) is 7.86. The lowest BCUT2D eigenvalue weighted by molar-refractivity contribution is 0.122. The third kappa shape index (κ3) is 4.56. The molecule has 1 aliphatic rings. The van der Waals surface area contributed by atoms with E-state index < -0.39 is 0 Å². The van der Waals surface area contributed by atoms with E-state index in [1.807, 2.05) is 18.3 Å². The third-order valence-electron chi connectivity index (χ3n) is 4.89. The van der Waals surface area contributed by atoms with Crippen molar-refractivity contribution < 1.29 is 4.74 Å². The van der Waals surface area contributed by atoms with Crippen molar-refractivity contribution in [1.29, 1.82) is 0 Å². The van der Waals surface area contributed by atoms with Crippen LogP contribution in [0.5, 0.6) is 0 Å². The van der Waals surface area contributed by atoms with Gasteiger partial charge in [-0.3, -0.25) is 5.43 Å². The van der Waals surface area contributed by atoms with Gasteiger partial charge >= 0.3 is 0 Å². The topological polar surface area (TPSA) is 67.6 Å².